The molecule has 0 aliphatic rings. The van der Waals surface area contributed by atoms with Crippen molar-refractivity contribution in [2.75, 3.05) is 0 Å². The van der Waals surface area contributed by atoms with E-state index >= 15 is 0 Å². The van der Waals surface area contributed by atoms with E-state index in [4.69, 9.17) is 19.8 Å². The fourth-order valence-corrected chi connectivity index (χ4v) is 9.99. The summed E-state index contributed by atoms with van der Waals surface area (Å²) in [5.74, 6) is 2.98. The van der Waals surface area contributed by atoms with E-state index in [-0.39, 0.29) is 37.3 Å². The number of aromatic nitrogens is 6. The SMILES string of the molecule is CC(C)(C)c1cc(-[n+]2[c-]n(-c3[c-]c(Oc4[c-]c5c(cc4)c4cc(-c6ccccc6)ccc4n5-c4cc(C(C)(C)C)ccn4)cc(C(C)(C)C)n3)c(-c3c(-c4ccccc4)cccc3-c3ccccc3)n2)cc(C(C)(C)C)c1.[Pt]. The van der Waals surface area contributed by atoms with Crippen LogP contribution in [0.5, 0.6) is 11.5 Å². The van der Waals surface area contributed by atoms with Gasteiger partial charge in [-0.25, -0.2) is 4.98 Å². The normalized spacial score (nSPS) is 12.3. The van der Waals surface area contributed by atoms with Crippen LogP contribution in [0.25, 0.3) is 83.9 Å². The second-order valence-electron chi connectivity index (χ2n) is 24.4. The molecule has 11 rings (SSSR count). The van der Waals surface area contributed by atoms with Crippen molar-refractivity contribution in [2.24, 2.45) is 0 Å². The van der Waals surface area contributed by atoms with Crippen LogP contribution in [0.4, 0.5) is 0 Å². The third kappa shape index (κ3) is 10.7. The van der Waals surface area contributed by atoms with Crippen molar-refractivity contribution in [3.63, 3.8) is 0 Å². The summed E-state index contributed by atoms with van der Waals surface area (Å²) in [6.45, 7) is 26.8. The van der Waals surface area contributed by atoms with Crippen molar-refractivity contribution in [1.29, 1.82) is 0 Å². The van der Waals surface area contributed by atoms with Crippen molar-refractivity contribution in [1.82, 2.24) is 24.2 Å². The van der Waals surface area contributed by atoms with Crippen LogP contribution in [0.2, 0.25) is 0 Å². The zero-order valence-corrected chi connectivity index (χ0v) is 49.0. The Kier molecular flexibility index (Phi) is 14.2. The largest absolute Gasteiger partial charge is 0.522 e. The average molecular weight is 1200 g/mol. The number of fused-ring (bicyclic) bond motifs is 3. The standard InChI is InChI=1S/C70H66N6O.Pt/c1-67(2,3)50-35-36-71-63(41-50)76-60-34-31-49(46-23-16-13-17-24-46)37-59(60)58-33-32-54(42-61(58)76)77-55-43-62(70(10,11)12)72-64(44-55)74-45-75(53-39-51(68(4,5)6)38-52(40-53)69(7,8)9)73-66(74)65-56(47-25-18-14-19-26-47)29-22-30-57(65)48-27-20-15-21-28-48;/h13-41,43H,1-12H3;/q-2;. The molecular formula is C70H66N6OPt-2. The zero-order valence-electron chi connectivity index (χ0n) is 46.7. The number of hydrogen-bond acceptors (Lipinski definition) is 4. The second-order valence-corrected chi connectivity index (χ2v) is 24.4. The van der Waals surface area contributed by atoms with E-state index in [1.807, 2.05) is 27.6 Å². The summed E-state index contributed by atoms with van der Waals surface area (Å²) >= 11 is 0. The quantitative estimate of drug-likeness (QED) is 0.107. The summed E-state index contributed by atoms with van der Waals surface area (Å²) in [5.41, 5.74) is 13.9. The zero-order chi connectivity index (χ0) is 54.0. The van der Waals surface area contributed by atoms with Crippen LogP contribution in [0.15, 0.2) is 182 Å². The molecule has 0 bridgehead atoms. The molecule has 78 heavy (non-hydrogen) atoms. The van der Waals surface area contributed by atoms with Gasteiger partial charge in [-0.2, -0.15) is 16.8 Å². The van der Waals surface area contributed by atoms with Gasteiger partial charge in [0.05, 0.1) is 11.5 Å². The molecule has 11 aromatic rings. The Labute approximate surface area is 474 Å². The van der Waals surface area contributed by atoms with Gasteiger partial charge in [0.15, 0.2) is 5.82 Å². The van der Waals surface area contributed by atoms with Crippen LogP contribution < -0.4 is 9.42 Å². The van der Waals surface area contributed by atoms with E-state index in [9.17, 15) is 0 Å². The maximum atomic E-state index is 7.03. The summed E-state index contributed by atoms with van der Waals surface area (Å²) in [6.07, 6.45) is 5.66. The van der Waals surface area contributed by atoms with E-state index in [0.717, 1.165) is 77.9 Å². The maximum Gasteiger partial charge on any atom is 0.273 e. The smallest absolute Gasteiger partial charge is 0.273 e. The summed E-state index contributed by atoms with van der Waals surface area (Å²) in [4.78, 5) is 10.4. The minimum atomic E-state index is -0.390. The van der Waals surface area contributed by atoms with E-state index in [2.05, 4.69) is 270 Å². The van der Waals surface area contributed by atoms with Gasteiger partial charge in [-0.3, -0.25) is 9.55 Å². The molecule has 0 radical (unpaired) electrons. The molecule has 4 heterocycles. The third-order valence-corrected chi connectivity index (χ3v) is 14.5. The van der Waals surface area contributed by atoms with Gasteiger partial charge in [-0.1, -0.05) is 228 Å². The molecule has 8 heteroatoms. The molecule has 0 fully saturated rings. The monoisotopic (exact) mass is 1200 g/mol. The number of ether oxygens (including phenoxy) is 1. The number of benzene rings is 7. The van der Waals surface area contributed by atoms with Crippen molar-refractivity contribution in [3.05, 3.63) is 223 Å². The fourth-order valence-electron chi connectivity index (χ4n) is 9.99. The average Bonchev–Trinajstić information content (AvgIpc) is 4.09. The van der Waals surface area contributed by atoms with Gasteiger partial charge in [-0.05, 0) is 107 Å². The van der Waals surface area contributed by atoms with Crippen LogP contribution in [0.3, 0.4) is 0 Å². The van der Waals surface area contributed by atoms with Gasteiger partial charge in [0.25, 0.3) is 6.33 Å². The predicted molar refractivity (Wildman–Crippen MR) is 315 cm³/mol. The maximum absolute atomic E-state index is 7.03. The molecule has 7 aromatic carbocycles. The number of rotatable bonds is 9. The number of pyridine rings is 2. The van der Waals surface area contributed by atoms with Gasteiger partial charge in [0, 0.05) is 44.1 Å². The van der Waals surface area contributed by atoms with E-state index in [1.165, 1.54) is 16.7 Å². The summed E-state index contributed by atoms with van der Waals surface area (Å²) in [7, 11) is 0. The Bertz CT molecular complexity index is 3890. The van der Waals surface area contributed by atoms with E-state index in [0.29, 0.717) is 23.1 Å². The molecule has 0 aliphatic heterocycles. The summed E-state index contributed by atoms with van der Waals surface area (Å²) < 4.78 is 13.1. The van der Waals surface area contributed by atoms with Gasteiger partial charge in [0.2, 0.25) is 0 Å². The first-order valence-corrected chi connectivity index (χ1v) is 26.7. The number of hydrogen-bond donors (Lipinski definition) is 0. The Hall–Kier alpha value is -7.73. The molecule has 0 aliphatic carbocycles. The molecular weight excluding hydrogens is 1140 g/mol. The molecule has 0 unspecified atom stereocenters. The van der Waals surface area contributed by atoms with Gasteiger partial charge >= 0.3 is 0 Å². The van der Waals surface area contributed by atoms with Crippen LogP contribution in [0.1, 0.15) is 105 Å². The van der Waals surface area contributed by atoms with E-state index in [1.54, 1.807) is 0 Å². The van der Waals surface area contributed by atoms with Crippen LogP contribution in [-0.4, -0.2) is 24.2 Å². The first-order chi connectivity index (χ1) is 36.7. The molecule has 7 nitrogen and oxygen atoms in total. The van der Waals surface area contributed by atoms with E-state index < -0.39 is 5.41 Å². The van der Waals surface area contributed by atoms with Crippen molar-refractivity contribution in [3.8, 4) is 73.6 Å². The molecule has 0 atom stereocenters. The minimum absolute atomic E-state index is 0. The first-order valence-electron chi connectivity index (χ1n) is 26.7. The van der Waals surface area contributed by atoms with Gasteiger partial charge < -0.3 is 9.30 Å². The van der Waals surface area contributed by atoms with Crippen LogP contribution in [0, 0.1) is 18.5 Å². The molecule has 0 amide bonds. The minimum Gasteiger partial charge on any atom is -0.522 e. The van der Waals surface area contributed by atoms with Gasteiger partial charge in [0.1, 0.15) is 5.82 Å². The molecule has 0 saturated heterocycles. The Morgan fingerprint density at radius 2 is 1.08 bits per heavy atom. The fraction of sp³-hybridized carbons (Fsp3) is 0.229. The first kappa shape index (κ1) is 53.7. The van der Waals surface area contributed by atoms with Crippen LogP contribution >= 0.6 is 0 Å². The third-order valence-electron chi connectivity index (χ3n) is 14.5. The molecule has 4 aromatic heterocycles. The van der Waals surface area contributed by atoms with Crippen molar-refractivity contribution in [2.45, 2.75) is 105 Å². The summed E-state index contributed by atoms with van der Waals surface area (Å²) in [6, 6.07) is 69.4. The second kappa shape index (κ2) is 20.6. The predicted octanol–water partition coefficient (Wildman–Crippen LogP) is 17.1. The van der Waals surface area contributed by atoms with Crippen molar-refractivity contribution < 1.29 is 30.5 Å². The van der Waals surface area contributed by atoms with Crippen molar-refractivity contribution >= 4 is 21.8 Å². The topological polar surface area (TPSA) is 61.6 Å². The molecule has 394 valence electrons. The summed E-state index contributed by atoms with van der Waals surface area (Å²) in [5, 5.41) is 7.74. The molecule has 0 N–H and O–H groups in total. The molecule has 0 spiro atoms. The Morgan fingerprint density at radius 1 is 0.487 bits per heavy atom. The Morgan fingerprint density at radius 3 is 1.65 bits per heavy atom. The van der Waals surface area contributed by atoms with Crippen LogP contribution in [-0.2, 0) is 42.7 Å². The number of nitrogens with zero attached hydrogens (tertiary/aromatic N) is 6. The Balaban J connectivity index is 0.00000688. The molecule has 0 saturated carbocycles. The van der Waals surface area contributed by atoms with Gasteiger partial charge in [-0.15, -0.1) is 28.7 Å².